The molecule has 3 N–H and O–H groups in total. The van der Waals surface area contributed by atoms with Gasteiger partial charge >= 0.3 is 0 Å². The Labute approximate surface area is 133 Å². The van der Waals surface area contributed by atoms with Crippen LogP contribution in [-0.4, -0.2) is 37.2 Å². The van der Waals surface area contributed by atoms with Crippen molar-refractivity contribution in [3.05, 3.63) is 35.0 Å². The van der Waals surface area contributed by atoms with Crippen LogP contribution in [0.25, 0.3) is 0 Å². The number of carbonyl (C=O) groups excluding carboxylic acids is 1. The molecule has 2 aromatic rings. The number of carbonyl (C=O) groups is 1. The van der Waals surface area contributed by atoms with Gasteiger partial charge in [0.05, 0.1) is 30.5 Å². The van der Waals surface area contributed by atoms with Crippen LogP contribution < -0.4 is 5.32 Å². The fraction of sp³-hybridized carbons (Fsp3) is 0.533. The van der Waals surface area contributed by atoms with E-state index in [1.54, 1.807) is 17.8 Å². The molecule has 1 atom stereocenters. The number of rotatable bonds is 5. The Kier molecular flexibility index (Phi) is 4.18. The van der Waals surface area contributed by atoms with Crippen molar-refractivity contribution < 1.29 is 19.5 Å². The average molecular weight is 320 g/mol. The van der Waals surface area contributed by atoms with Crippen molar-refractivity contribution in [3.8, 4) is 0 Å². The van der Waals surface area contributed by atoms with E-state index in [4.69, 9.17) is 4.52 Å². The molecule has 1 aliphatic rings. The highest BCUT2D eigenvalue weighted by atomic mass is 16.5. The van der Waals surface area contributed by atoms with Gasteiger partial charge in [-0.05, 0) is 25.7 Å². The Hall–Kier alpha value is -2.19. The minimum atomic E-state index is -0.402. The van der Waals surface area contributed by atoms with Crippen molar-refractivity contribution in [2.24, 2.45) is 13.0 Å². The highest BCUT2D eigenvalue weighted by molar-refractivity contribution is 5.94. The Morgan fingerprint density at radius 2 is 2.30 bits per heavy atom. The van der Waals surface area contributed by atoms with Gasteiger partial charge in [0.25, 0.3) is 5.91 Å². The van der Waals surface area contributed by atoms with Crippen LogP contribution >= 0.6 is 0 Å². The lowest BCUT2D eigenvalue weighted by molar-refractivity contribution is 0.0234. The maximum atomic E-state index is 12.5. The van der Waals surface area contributed by atoms with Gasteiger partial charge in [-0.25, -0.2) is 0 Å². The maximum absolute atomic E-state index is 12.5. The van der Waals surface area contributed by atoms with Gasteiger partial charge in [0.1, 0.15) is 5.76 Å². The number of hydrogen-bond acceptors (Lipinski definition) is 6. The molecule has 0 bridgehead atoms. The fourth-order valence-electron chi connectivity index (χ4n) is 2.94. The molecule has 0 saturated heterocycles. The summed E-state index contributed by atoms with van der Waals surface area (Å²) in [5.41, 5.74) is 1.36. The number of nitrogens with zero attached hydrogens (tertiary/aromatic N) is 3. The SMILES string of the molecule is Cc1onc(C(=O)N[C@@H](c2cnn(C)c2)C2CC(O)C2)c1CO. The van der Waals surface area contributed by atoms with E-state index >= 15 is 0 Å². The average Bonchev–Trinajstić information content (AvgIpc) is 3.07. The monoisotopic (exact) mass is 320 g/mol. The third kappa shape index (κ3) is 2.99. The number of nitrogens with one attached hydrogen (secondary N) is 1. The lowest BCUT2D eigenvalue weighted by Gasteiger charge is -2.37. The first-order valence-corrected chi connectivity index (χ1v) is 7.53. The number of aliphatic hydroxyl groups is 2. The molecule has 2 aromatic heterocycles. The molecule has 8 nitrogen and oxygen atoms in total. The van der Waals surface area contributed by atoms with Crippen molar-refractivity contribution in [2.45, 2.75) is 38.5 Å². The van der Waals surface area contributed by atoms with Gasteiger partial charge in [-0.3, -0.25) is 9.48 Å². The molecule has 1 amide bonds. The molecule has 3 rings (SSSR count). The minimum Gasteiger partial charge on any atom is -0.393 e. The molecule has 1 saturated carbocycles. The molecule has 0 radical (unpaired) electrons. The van der Waals surface area contributed by atoms with Crippen molar-refractivity contribution in [3.63, 3.8) is 0 Å². The van der Waals surface area contributed by atoms with E-state index in [9.17, 15) is 15.0 Å². The van der Waals surface area contributed by atoms with Gasteiger partial charge in [0.15, 0.2) is 5.69 Å². The van der Waals surface area contributed by atoms with Gasteiger partial charge < -0.3 is 20.1 Å². The van der Waals surface area contributed by atoms with Crippen LogP contribution in [0.5, 0.6) is 0 Å². The second-order valence-electron chi connectivity index (χ2n) is 6.01. The molecular weight excluding hydrogens is 300 g/mol. The Bertz CT molecular complexity index is 702. The molecule has 0 spiro atoms. The summed E-state index contributed by atoms with van der Waals surface area (Å²) in [7, 11) is 1.81. The maximum Gasteiger partial charge on any atom is 0.274 e. The fourth-order valence-corrected chi connectivity index (χ4v) is 2.94. The van der Waals surface area contributed by atoms with E-state index in [0.29, 0.717) is 24.2 Å². The van der Waals surface area contributed by atoms with Crippen LogP contribution in [0.4, 0.5) is 0 Å². The third-order valence-electron chi connectivity index (χ3n) is 4.35. The first-order chi connectivity index (χ1) is 11.0. The van der Waals surface area contributed by atoms with Crippen LogP contribution in [-0.2, 0) is 13.7 Å². The number of aromatic nitrogens is 3. The summed E-state index contributed by atoms with van der Waals surface area (Å²) in [6.45, 7) is 1.34. The summed E-state index contributed by atoms with van der Waals surface area (Å²) in [6.07, 6.45) is 4.49. The molecule has 0 aromatic carbocycles. The molecular formula is C15H20N4O4. The van der Waals surface area contributed by atoms with Crippen LogP contribution in [0, 0.1) is 12.8 Å². The highest BCUT2D eigenvalue weighted by Crippen LogP contribution is 2.38. The standard InChI is InChI=1S/C15H20N4O4/c1-8-12(7-20)14(18-23-8)15(22)17-13(9-3-11(21)4-9)10-5-16-19(2)6-10/h5-6,9,11,13,20-21H,3-4,7H2,1-2H3,(H,17,22)/t9?,11?,13-/m1/s1. The van der Waals surface area contributed by atoms with Crippen molar-refractivity contribution in [1.82, 2.24) is 20.3 Å². The number of aryl methyl sites for hydroxylation is 2. The summed E-state index contributed by atoms with van der Waals surface area (Å²) in [6, 6.07) is -0.261. The van der Waals surface area contributed by atoms with Crippen LogP contribution in [0.3, 0.4) is 0 Å². The first-order valence-electron chi connectivity index (χ1n) is 7.53. The van der Waals surface area contributed by atoms with E-state index in [1.165, 1.54) is 0 Å². The Balaban J connectivity index is 1.82. The first kappa shape index (κ1) is 15.7. The quantitative estimate of drug-likeness (QED) is 0.737. The zero-order valence-electron chi connectivity index (χ0n) is 13.1. The molecule has 124 valence electrons. The van der Waals surface area contributed by atoms with E-state index in [1.807, 2.05) is 13.2 Å². The summed E-state index contributed by atoms with van der Waals surface area (Å²) in [4.78, 5) is 12.5. The van der Waals surface area contributed by atoms with E-state index in [-0.39, 0.29) is 30.4 Å². The smallest absolute Gasteiger partial charge is 0.274 e. The normalized spacial score (nSPS) is 21.7. The van der Waals surface area contributed by atoms with E-state index < -0.39 is 5.91 Å². The second kappa shape index (κ2) is 6.13. The predicted octanol–water partition coefficient (Wildman–Crippen LogP) is 0.451. The molecule has 0 unspecified atom stereocenters. The van der Waals surface area contributed by atoms with E-state index in [2.05, 4.69) is 15.6 Å². The van der Waals surface area contributed by atoms with Crippen molar-refractivity contribution in [1.29, 1.82) is 0 Å². The van der Waals surface area contributed by atoms with Gasteiger partial charge in [0, 0.05) is 18.8 Å². The van der Waals surface area contributed by atoms with Gasteiger partial charge in [-0.1, -0.05) is 5.16 Å². The van der Waals surface area contributed by atoms with Crippen LogP contribution in [0.2, 0.25) is 0 Å². The Morgan fingerprint density at radius 1 is 1.57 bits per heavy atom. The molecule has 1 aliphatic carbocycles. The molecule has 0 aliphatic heterocycles. The summed E-state index contributed by atoms with van der Waals surface area (Å²) < 4.78 is 6.66. The second-order valence-corrected chi connectivity index (χ2v) is 6.01. The van der Waals surface area contributed by atoms with Gasteiger partial charge in [-0.2, -0.15) is 5.10 Å². The molecule has 1 fully saturated rings. The van der Waals surface area contributed by atoms with Gasteiger partial charge in [0.2, 0.25) is 0 Å². The van der Waals surface area contributed by atoms with Gasteiger partial charge in [-0.15, -0.1) is 0 Å². The lowest BCUT2D eigenvalue weighted by Crippen LogP contribution is -2.41. The predicted molar refractivity (Wildman–Crippen MR) is 79.3 cm³/mol. The molecule has 8 heteroatoms. The minimum absolute atomic E-state index is 0.0961. The van der Waals surface area contributed by atoms with Crippen LogP contribution in [0.15, 0.2) is 16.9 Å². The molecule has 23 heavy (non-hydrogen) atoms. The summed E-state index contributed by atoms with van der Waals surface area (Å²) >= 11 is 0. The molecule has 2 heterocycles. The zero-order chi connectivity index (χ0) is 16.6. The van der Waals surface area contributed by atoms with E-state index in [0.717, 1.165) is 5.56 Å². The van der Waals surface area contributed by atoms with Crippen molar-refractivity contribution in [2.75, 3.05) is 0 Å². The number of amides is 1. The number of hydrogen-bond donors (Lipinski definition) is 3. The summed E-state index contributed by atoms with van der Waals surface area (Å²) in [5.74, 6) is 0.166. The largest absolute Gasteiger partial charge is 0.393 e. The third-order valence-corrected chi connectivity index (χ3v) is 4.35. The summed E-state index contributed by atoms with van der Waals surface area (Å²) in [5, 5.41) is 29.7. The Morgan fingerprint density at radius 3 is 2.87 bits per heavy atom. The van der Waals surface area contributed by atoms with Crippen molar-refractivity contribution >= 4 is 5.91 Å². The highest BCUT2D eigenvalue weighted by Gasteiger charge is 2.37. The topological polar surface area (TPSA) is 113 Å². The number of aliphatic hydroxyl groups excluding tert-OH is 2. The zero-order valence-corrected chi connectivity index (χ0v) is 13.1. The lowest BCUT2D eigenvalue weighted by atomic mass is 9.75. The van der Waals surface area contributed by atoms with Crippen LogP contribution in [0.1, 0.15) is 46.3 Å².